The normalized spacial score (nSPS) is 18.9. The zero-order valence-electron chi connectivity index (χ0n) is 13.3. The van der Waals surface area contributed by atoms with E-state index in [1.165, 1.54) is 0 Å². The molecule has 1 unspecified atom stereocenters. The predicted molar refractivity (Wildman–Crippen MR) is 94.0 cm³/mol. The van der Waals surface area contributed by atoms with E-state index in [1.54, 1.807) is 5.01 Å². The minimum absolute atomic E-state index is 0.0627. The number of hydrogen-bond acceptors (Lipinski definition) is 4. The molecule has 1 saturated heterocycles. The summed E-state index contributed by atoms with van der Waals surface area (Å²) in [7, 11) is -3.08. The van der Waals surface area contributed by atoms with Crippen LogP contribution in [0.15, 0.2) is 60.7 Å². The predicted octanol–water partition coefficient (Wildman–Crippen LogP) is 2.16. The van der Waals surface area contributed by atoms with E-state index in [2.05, 4.69) is 5.43 Å². The van der Waals surface area contributed by atoms with Gasteiger partial charge in [0.1, 0.15) is 0 Å². The van der Waals surface area contributed by atoms with Crippen LogP contribution in [0.25, 0.3) is 0 Å². The van der Waals surface area contributed by atoms with E-state index in [0.29, 0.717) is 13.0 Å². The number of amides is 1. The number of carbonyl (C=O) groups is 1. The Bertz CT molecular complexity index is 792. The minimum Gasteiger partial charge on any atom is -0.281 e. The van der Waals surface area contributed by atoms with Crippen LogP contribution in [0, 0.1) is 5.92 Å². The maximum absolute atomic E-state index is 12.5. The lowest BCUT2D eigenvalue weighted by Gasteiger charge is -2.26. The first kappa shape index (κ1) is 16.5. The van der Waals surface area contributed by atoms with Crippen LogP contribution in [0.3, 0.4) is 0 Å². The van der Waals surface area contributed by atoms with Crippen LogP contribution >= 0.6 is 0 Å². The van der Waals surface area contributed by atoms with Gasteiger partial charge in [-0.05, 0) is 24.1 Å². The van der Waals surface area contributed by atoms with Gasteiger partial charge in [0.2, 0.25) is 5.91 Å². The molecular formula is C18H20N2O3S. The molecule has 0 radical (unpaired) electrons. The number of hydrogen-bond donors (Lipinski definition) is 1. The van der Waals surface area contributed by atoms with Crippen molar-refractivity contribution >= 4 is 21.4 Å². The van der Waals surface area contributed by atoms with Crippen molar-refractivity contribution in [2.45, 2.75) is 13.0 Å². The van der Waals surface area contributed by atoms with Crippen molar-refractivity contribution in [2.24, 2.45) is 5.92 Å². The number of para-hydroxylation sites is 1. The summed E-state index contributed by atoms with van der Waals surface area (Å²) in [6.45, 7) is 0.510. The molecule has 3 rings (SSSR count). The number of rotatable bonds is 5. The molecular weight excluding hydrogens is 324 g/mol. The van der Waals surface area contributed by atoms with Gasteiger partial charge < -0.3 is 0 Å². The fraction of sp³-hybridized carbons (Fsp3) is 0.278. The summed E-state index contributed by atoms with van der Waals surface area (Å²) < 4.78 is 23.2. The maximum atomic E-state index is 12.5. The third kappa shape index (κ3) is 4.14. The molecule has 24 heavy (non-hydrogen) atoms. The van der Waals surface area contributed by atoms with Gasteiger partial charge in [0.05, 0.1) is 29.7 Å². The quantitative estimate of drug-likeness (QED) is 0.844. The van der Waals surface area contributed by atoms with Crippen molar-refractivity contribution in [1.29, 1.82) is 0 Å². The third-order valence-corrected chi connectivity index (χ3v) is 5.87. The average Bonchev–Trinajstić information content (AvgIpc) is 2.96. The Hall–Kier alpha value is -2.34. The van der Waals surface area contributed by atoms with E-state index in [1.807, 2.05) is 60.7 Å². The van der Waals surface area contributed by atoms with Crippen LogP contribution in [0.4, 0.5) is 5.69 Å². The number of anilines is 1. The van der Waals surface area contributed by atoms with Crippen LogP contribution in [-0.4, -0.2) is 25.8 Å². The molecule has 1 heterocycles. The SMILES string of the molecule is O=C(NN(Cc1ccccc1)c1ccccc1)C1CCS(=O)(=O)C1. The van der Waals surface area contributed by atoms with E-state index in [-0.39, 0.29) is 17.4 Å². The highest BCUT2D eigenvalue weighted by Crippen LogP contribution is 2.20. The molecule has 1 amide bonds. The summed E-state index contributed by atoms with van der Waals surface area (Å²) in [5.74, 6) is -0.685. The van der Waals surface area contributed by atoms with Gasteiger partial charge in [-0.2, -0.15) is 0 Å². The van der Waals surface area contributed by atoms with E-state index in [9.17, 15) is 13.2 Å². The van der Waals surface area contributed by atoms with Crippen molar-refractivity contribution in [2.75, 3.05) is 16.5 Å². The van der Waals surface area contributed by atoms with Crippen molar-refractivity contribution in [3.05, 3.63) is 66.2 Å². The van der Waals surface area contributed by atoms with E-state index < -0.39 is 15.8 Å². The largest absolute Gasteiger partial charge is 0.281 e. The Morgan fingerprint density at radius 1 is 1.04 bits per heavy atom. The van der Waals surface area contributed by atoms with Crippen LogP contribution in [0.2, 0.25) is 0 Å². The molecule has 126 valence electrons. The molecule has 2 aromatic rings. The first-order chi connectivity index (χ1) is 11.5. The molecule has 0 saturated carbocycles. The Morgan fingerprint density at radius 3 is 2.25 bits per heavy atom. The molecule has 1 atom stereocenters. The van der Waals surface area contributed by atoms with Gasteiger partial charge in [0.25, 0.3) is 0 Å². The molecule has 1 N–H and O–H groups in total. The number of nitrogens with one attached hydrogen (secondary N) is 1. The first-order valence-corrected chi connectivity index (χ1v) is 9.73. The van der Waals surface area contributed by atoms with Gasteiger partial charge in [-0.15, -0.1) is 0 Å². The summed E-state index contributed by atoms with van der Waals surface area (Å²) in [5, 5.41) is 1.77. The van der Waals surface area contributed by atoms with Crippen LogP contribution in [0.5, 0.6) is 0 Å². The second-order valence-corrected chi connectivity index (χ2v) is 8.21. The number of nitrogens with zero attached hydrogens (tertiary/aromatic N) is 1. The van der Waals surface area contributed by atoms with Crippen LogP contribution in [0.1, 0.15) is 12.0 Å². The van der Waals surface area contributed by atoms with Crippen molar-refractivity contribution in [3.8, 4) is 0 Å². The lowest BCUT2D eigenvalue weighted by Crippen LogP contribution is -2.45. The summed E-state index contributed by atoms with van der Waals surface area (Å²) in [4.78, 5) is 12.5. The van der Waals surface area contributed by atoms with Gasteiger partial charge in [-0.25, -0.2) is 8.42 Å². The zero-order chi connectivity index (χ0) is 17.0. The molecule has 1 fully saturated rings. The Balaban J connectivity index is 1.76. The third-order valence-electron chi connectivity index (χ3n) is 4.10. The summed E-state index contributed by atoms with van der Waals surface area (Å²) in [5.41, 5.74) is 4.80. The highest BCUT2D eigenvalue weighted by molar-refractivity contribution is 7.91. The molecule has 2 aromatic carbocycles. The molecule has 5 nitrogen and oxygen atoms in total. The van der Waals surface area contributed by atoms with E-state index in [4.69, 9.17) is 0 Å². The molecule has 1 aliphatic heterocycles. The van der Waals surface area contributed by atoms with Gasteiger partial charge in [-0.1, -0.05) is 48.5 Å². The Labute approximate surface area is 142 Å². The lowest BCUT2D eigenvalue weighted by atomic mass is 10.1. The first-order valence-electron chi connectivity index (χ1n) is 7.91. The van der Waals surface area contributed by atoms with Crippen molar-refractivity contribution < 1.29 is 13.2 Å². The maximum Gasteiger partial charge on any atom is 0.242 e. The van der Waals surface area contributed by atoms with Gasteiger partial charge in [-0.3, -0.25) is 15.2 Å². The highest BCUT2D eigenvalue weighted by atomic mass is 32.2. The van der Waals surface area contributed by atoms with Gasteiger partial charge >= 0.3 is 0 Å². The van der Waals surface area contributed by atoms with E-state index >= 15 is 0 Å². The number of hydrazine groups is 1. The van der Waals surface area contributed by atoms with Crippen LogP contribution < -0.4 is 10.4 Å². The number of carbonyl (C=O) groups excluding carboxylic acids is 1. The highest BCUT2D eigenvalue weighted by Gasteiger charge is 2.33. The number of sulfone groups is 1. The lowest BCUT2D eigenvalue weighted by molar-refractivity contribution is -0.124. The zero-order valence-corrected chi connectivity index (χ0v) is 14.1. The molecule has 0 bridgehead atoms. The van der Waals surface area contributed by atoms with Crippen molar-refractivity contribution in [1.82, 2.24) is 5.43 Å². The molecule has 6 heteroatoms. The standard InChI is InChI=1S/C18H20N2O3S/c21-18(16-11-12-24(22,23)14-16)19-20(17-9-5-2-6-10-17)13-15-7-3-1-4-8-15/h1-10,16H,11-14H2,(H,19,21). The summed E-state index contributed by atoms with van der Waals surface area (Å²) in [6.07, 6.45) is 0.391. The number of benzene rings is 2. The summed E-state index contributed by atoms with van der Waals surface area (Å²) in [6, 6.07) is 19.4. The fourth-order valence-corrected chi connectivity index (χ4v) is 4.54. The monoisotopic (exact) mass is 344 g/mol. The van der Waals surface area contributed by atoms with Gasteiger partial charge in [0.15, 0.2) is 9.84 Å². The second kappa shape index (κ2) is 7.05. The van der Waals surface area contributed by atoms with Gasteiger partial charge in [0, 0.05) is 0 Å². The molecule has 0 spiro atoms. The fourth-order valence-electron chi connectivity index (χ4n) is 2.80. The average molecular weight is 344 g/mol. The Kier molecular flexibility index (Phi) is 4.85. The summed E-state index contributed by atoms with van der Waals surface area (Å²) >= 11 is 0. The molecule has 0 aliphatic carbocycles. The smallest absolute Gasteiger partial charge is 0.242 e. The van der Waals surface area contributed by atoms with Crippen LogP contribution in [-0.2, 0) is 21.2 Å². The molecule has 0 aromatic heterocycles. The minimum atomic E-state index is -3.08. The van der Waals surface area contributed by atoms with E-state index in [0.717, 1.165) is 11.3 Å². The Morgan fingerprint density at radius 2 is 1.67 bits per heavy atom. The molecule has 1 aliphatic rings. The topological polar surface area (TPSA) is 66.5 Å². The van der Waals surface area contributed by atoms with Crippen molar-refractivity contribution in [3.63, 3.8) is 0 Å². The second-order valence-electron chi connectivity index (χ2n) is 5.98.